The first-order chi connectivity index (χ1) is 11.9. The maximum Gasteiger partial charge on any atom is 0.153 e. The maximum atomic E-state index is 12.6. The van der Waals surface area contributed by atoms with Crippen LogP contribution in [0, 0.1) is 23.2 Å². The van der Waals surface area contributed by atoms with E-state index in [0.717, 1.165) is 24.2 Å². The van der Waals surface area contributed by atoms with E-state index in [-0.39, 0.29) is 22.8 Å². The zero-order valence-corrected chi connectivity index (χ0v) is 15.3. The Balaban J connectivity index is 1.56. The highest BCUT2D eigenvalue weighted by molar-refractivity contribution is 7.92. The van der Waals surface area contributed by atoms with Crippen molar-refractivity contribution in [2.75, 3.05) is 17.7 Å². The molecule has 2 aliphatic rings. The fourth-order valence-electron chi connectivity index (χ4n) is 3.95. The number of anilines is 1. The van der Waals surface area contributed by atoms with Crippen LogP contribution in [0.3, 0.4) is 0 Å². The first-order valence-electron chi connectivity index (χ1n) is 8.71. The average Bonchev–Trinajstić information content (AvgIpc) is 3.07. The van der Waals surface area contributed by atoms with Gasteiger partial charge in [0, 0.05) is 30.8 Å². The van der Waals surface area contributed by atoms with Crippen molar-refractivity contribution >= 4 is 21.7 Å². The lowest BCUT2D eigenvalue weighted by Gasteiger charge is -2.42. The van der Waals surface area contributed by atoms with Gasteiger partial charge in [0.15, 0.2) is 9.84 Å². The van der Waals surface area contributed by atoms with Crippen molar-refractivity contribution < 1.29 is 8.42 Å². The Hall–Kier alpha value is -1.94. The number of hydrogen-bond acceptors (Lipinski definition) is 6. The molecular weight excluding hydrogens is 336 g/mol. The van der Waals surface area contributed by atoms with Crippen LogP contribution < -0.4 is 4.90 Å². The molecule has 6 nitrogen and oxygen atoms in total. The van der Waals surface area contributed by atoms with Crippen LogP contribution in [0.2, 0.25) is 0 Å². The predicted molar refractivity (Wildman–Crippen MR) is 97.6 cm³/mol. The number of aromatic nitrogens is 2. The highest BCUT2D eigenvalue weighted by Crippen LogP contribution is 2.38. The number of rotatable bonds is 6. The third kappa shape index (κ3) is 3.69. The second-order valence-corrected chi connectivity index (χ2v) is 9.52. The fourth-order valence-corrected chi connectivity index (χ4v) is 6.17. The van der Waals surface area contributed by atoms with E-state index in [0.29, 0.717) is 25.3 Å². The molecule has 0 N–H and O–H groups in total. The monoisotopic (exact) mass is 360 g/mol. The molecule has 1 aromatic rings. The molecule has 0 bridgehead atoms. The zero-order chi connectivity index (χ0) is 18.0. The molecule has 25 heavy (non-hydrogen) atoms. The standard InChI is InChI=1S/C18H24N4O2S/c1-3-15-10-20-12-21-18(15)22(2)16-6-14(7-16)11-25(23,24)17-5-4-13(8-17)9-19/h3,10,12-14,16-17H,1,4-8,11H2,2H3/t13-,14?,16?,17-/m1/s1. The minimum absolute atomic E-state index is 0.0878. The van der Waals surface area contributed by atoms with Crippen molar-refractivity contribution in [2.24, 2.45) is 11.8 Å². The Morgan fingerprint density at radius 2 is 2.16 bits per heavy atom. The van der Waals surface area contributed by atoms with Gasteiger partial charge in [0.2, 0.25) is 0 Å². The summed E-state index contributed by atoms with van der Waals surface area (Å²) in [5.41, 5.74) is 0.884. The van der Waals surface area contributed by atoms with Gasteiger partial charge in [0.25, 0.3) is 0 Å². The molecule has 0 saturated heterocycles. The minimum atomic E-state index is -3.10. The molecule has 2 fully saturated rings. The lowest BCUT2D eigenvalue weighted by atomic mass is 9.80. The Morgan fingerprint density at radius 1 is 1.40 bits per heavy atom. The van der Waals surface area contributed by atoms with E-state index in [1.54, 1.807) is 12.3 Å². The van der Waals surface area contributed by atoms with Gasteiger partial charge in [-0.1, -0.05) is 12.7 Å². The van der Waals surface area contributed by atoms with Gasteiger partial charge in [-0.2, -0.15) is 5.26 Å². The van der Waals surface area contributed by atoms with Gasteiger partial charge in [-0.25, -0.2) is 18.4 Å². The second kappa shape index (κ2) is 7.12. The van der Waals surface area contributed by atoms with E-state index in [1.807, 2.05) is 7.05 Å². The summed E-state index contributed by atoms with van der Waals surface area (Å²) in [6, 6.07) is 2.50. The summed E-state index contributed by atoms with van der Waals surface area (Å²) < 4.78 is 25.2. The van der Waals surface area contributed by atoms with Gasteiger partial charge >= 0.3 is 0 Å². The van der Waals surface area contributed by atoms with Crippen LogP contribution in [0.25, 0.3) is 6.08 Å². The normalized spacial score (nSPS) is 28.8. The molecular formula is C18H24N4O2S. The van der Waals surface area contributed by atoms with Crippen molar-refractivity contribution in [2.45, 2.75) is 43.4 Å². The highest BCUT2D eigenvalue weighted by Gasteiger charge is 2.40. The molecule has 1 aromatic heterocycles. The lowest BCUT2D eigenvalue weighted by molar-refractivity contribution is 0.281. The molecule has 0 amide bonds. The van der Waals surface area contributed by atoms with Crippen LogP contribution in [0.15, 0.2) is 19.1 Å². The quantitative estimate of drug-likeness (QED) is 0.774. The van der Waals surface area contributed by atoms with Crippen molar-refractivity contribution in [3.63, 3.8) is 0 Å². The summed E-state index contributed by atoms with van der Waals surface area (Å²) in [6.45, 7) is 3.79. The molecule has 7 heteroatoms. The van der Waals surface area contributed by atoms with Gasteiger partial charge in [0.1, 0.15) is 12.1 Å². The van der Waals surface area contributed by atoms with E-state index in [9.17, 15) is 8.42 Å². The summed E-state index contributed by atoms with van der Waals surface area (Å²) in [7, 11) is -1.12. The number of sulfone groups is 1. The third-order valence-electron chi connectivity index (χ3n) is 5.57. The molecule has 0 spiro atoms. The van der Waals surface area contributed by atoms with Crippen molar-refractivity contribution in [1.29, 1.82) is 5.26 Å². The fraction of sp³-hybridized carbons (Fsp3) is 0.611. The van der Waals surface area contributed by atoms with Gasteiger partial charge in [-0.3, -0.25) is 0 Å². The number of nitriles is 1. The molecule has 2 saturated carbocycles. The van der Waals surface area contributed by atoms with E-state index in [2.05, 4.69) is 27.5 Å². The Morgan fingerprint density at radius 3 is 2.80 bits per heavy atom. The predicted octanol–water partition coefficient (Wildman–Crippen LogP) is 2.44. The largest absolute Gasteiger partial charge is 0.356 e. The summed E-state index contributed by atoms with van der Waals surface area (Å²) >= 11 is 0. The van der Waals surface area contributed by atoms with Crippen molar-refractivity contribution in [1.82, 2.24) is 9.97 Å². The Bertz CT molecular complexity index is 781. The molecule has 3 rings (SSSR count). The summed E-state index contributed by atoms with van der Waals surface area (Å²) in [5.74, 6) is 1.20. The smallest absolute Gasteiger partial charge is 0.153 e. The van der Waals surface area contributed by atoms with E-state index >= 15 is 0 Å². The Kier molecular flexibility index (Phi) is 5.09. The second-order valence-electron chi connectivity index (χ2n) is 7.20. The molecule has 0 unspecified atom stereocenters. The molecule has 0 aromatic carbocycles. The van der Waals surface area contributed by atoms with Crippen molar-refractivity contribution in [3.05, 3.63) is 24.7 Å². The zero-order valence-electron chi connectivity index (χ0n) is 14.5. The first-order valence-corrected chi connectivity index (χ1v) is 10.4. The summed E-state index contributed by atoms with van der Waals surface area (Å²) in [4.78, 5) is 10.4. The van der Waals surface area contributed by atoms with E-state index in [4.69, 9.17) is 5.26 Å². The van der Waals surface area contributed by atoms with Gasteiger partial charge in [-0.05, 0) is 38.0 Å². The van der Waals surface area contributed by atoms with Crippen LogP contribution in [0.4, 0.5) is 5.82 Å². The van der Waals surface area contributed by atoms with Gasteiger partial charge < -0.3 is 4.90 Å². The van der Waals surface area contributed by atoms with Crippen LogP contribution >= 0.6 is 0 Å². The highest BCUT2D eigenvalue weighted by atomic mass is 32.2. The first kappa shape index (κ1) is 17.9. The van der Waals surface area contributed by atoms with Gasteiger partial charge in [0.05, 0.1) is 17.1 Å². The van der Waals surface area contributed by atoms with Crippen LogP contribution in [-0.2, 0) is 9.84 Å². The summed E-state index contributed by atoms with van der Waals surface area (Å²) in [6.07, 6.45) is 8.56. The molecule has 0 aliphatic heterocycles. The molecule has 2 atom stereocenters. The molecule has 0 radical (unpaired) electrons. The maximum absolute atomic E-state index is 12.6. The minimum Gasteiger partial charge on any atom is -0.356 e. The number of hydrogen-bond donors (Lipinski definition) is 0. The lowest BCUT2D eigenvalue weighted by Crippen LogP contribution is -2.46. The van der Waals surface area contributed by atoms with Gasteiger partial charge in [-0.15, -0.1) is 0 Å². The van der Waals surface area contributed by atoms with Crippen molar-refractivity contribution in [3.8, 4) is 6.07 Å². The topological polar surface area (TPSA) is 87.0 Å². The third-order valence-corrected chi connectivity index (χ3v) is 7.95. The average molecular weight is 360 g/mol. The number of nitrogens with zero attached hydrogens (tertiary/aromatic N) is 4. The molecule has 134 valence electrons. The van der Waals surface area contributed by atoms with Crippen LogP contribution in [-0.4, -0.2) is 42.5 Å². The van der Waals surface area contributed by atoms with Crippen LogP contribution in [0.5, 0.6) is 0 Å². The van der Waals surface area contributed by atoms with E-state index in [1.165, 1.54) is 6.33 Å². The van der Waals surface area contributed by atoms with Crippen LogP contribution in [0.1, 0.15) is 37.7 Å². The summed E-state index contributed by atoms with van der Waals surface area (Å²) in [5, 5.41) is 8.65. The SMILES string of the molecule is C=Cc1cncnc1N(C)C1CC(CS(=O)(=O)[C@@H]2CC[C@@H](C#N)C2)C1. The molecule has 2 aliphatic carbocycles. The molecule has 1 heterocycles. The van der Waals surface area contributed by atoms with E-state index < -0.39 is 9.84 Å². The Labute approximate surface area is 149 Å².